The SMILES string of the molecule is CN(C)CC(C)(O)CNC(=O)c1ccc(CSC(F)F)o1. The standard InChI is InChI=1S/C13H20F2N2O3S/c1-13(19,8-17(2)3)7-16-11(18)10-5-4-9(20-10)6-21-12(14)15/h4-5,12,19H,6-8H2,1-3H3,(H,16,18). The number of carbonyl (C=O) groups is 1. The van der Waals surface area contributed by atoms with Gasteiger partial charge in [-0.05, 0) is 33.2 Å². The van der Waals surface area contributed by atoms with Crippen LogP contribution in [0.5, 0.6) is 0 Å². The van der Waals surface area contributed by atoms with E-state index in [1.807, 2.05) is 14.1 Å². The van der Waals surface area contributed by atoms with E-state index in [2.05, 4.69) is 5.32 Å². The van der Waals surface area contributed by atoms with Crippen LogP contribution in [0, 0.1) is 0 Å². The van der Waals surface area contributed by atoms with Crippen molar-refractivity contribution in [3.63, 3.8) is 0 Å². The third-order valence-electron chi connectivity index (χ3n) is 2.52. The smallest absolute Gasteiger partial charge is 0.287 e. The third-order valence-corrected chi connectivity index (χ3v) is 3.23. The Kier molecular flexibility index (Phi) is 6.63. The van der Waals surface area contributed by atoms with E-state index in [1.165, 1.54) is 12.1 Å². The molecule has 0 radical (unpaired) electrons. The summed E-state index contributed by atoms with van der Waals surface area (Å²) in [6.07, 6.45) is 0. The number of halogens is 2. The van der Waals surface area contributed by atoms with Crippen molar-refractivity contribution in [3.05, 3.63) is 23.7 Å². The molecule has 0 bridgehead atoms. The molecule has 2 N–H and O–H groups in total. The maximum Gasteiger partial charge on any atom is 0.287 e. The number of alkyl halides is 2. The summed E-state index contributed by atoms with van der Waals surface area (Å²) in [6.45, 7) is 2.06. The number of thioether (sulfide) groups is 1. The van der Waals surface area contributed by atoms with Crippen LogP contribution in [-0.4, -0.2) is 54.5 Å². The van der Waals surface area contributed by atoms with Crippen LogP contribution >= 0.6 is 11.8 Å². The van der Waals surface area contributed by atoms with Gasteiger partial charge in [0.05, 0.1) is 11.4 Å². The van der Waals surface area contributed by atoms with Gasteiger partial charge in [-0.1, -0.05) is 11.8 Å². The Hall–Kier alpha value is -1.12. The van der Waals surface area contributed by atoms with E-state index in [4.69, 9.17) is 4.42 Å². The van der Waals surface area contributed by atoms with Crippen LogP contribution in [0.1, 0.15) is 23.2 Å². The highest BCUT2D eigenvalue weighted by Crippen LogP contribution is 2.21. The lowest BCUT2D eigenvalue weighted by Crippen LogP contribution is -2.47. The van der Waals surface area contributed by atoms with Crippen LogP contribution < -0.4 is 5.32 Å². The first-order chi connectivity index (χ1) is 9.69. The van der Waals surface area contributed by atoms with Crippen LogP contribution in [0.15, 0.2) is 16.5 Å². The summed E-state index contributed by atoms with van der Waals surface area (Å²) < 4.78 is 29.3. The fraction of sp³-hybridized carbons (Fsp3) is 0.615. The predicted molar refractivity (Wildman–Crippen MR) is 77.5 cm³/mol. The van der Waals surface area contributed by atoms with Crippen molar-refractivity contribution in [2.24, 2.45) is 0 Å². The van der Waals surface area contributed by atoms with Crippen molar-refractivity contribution >= 4 is 17.7 Å². The summed E-state index contributed by atoms with van der Waals surface area (Å²) in [4.78, 5) is 13.6. The molecule has 1 heterocycles. The van der Waals surface area contributed by atoms with E-state index >= 15 is 0 Å². The average Bonchev–Trinajstić information content (AvgIpc) is 2.81. The number of hydrogen-bond donors (Lipinski definition) is 2. The van der Waals surface area contributed by atoms with Gasteiger partial charge in [0.2, 0.25) is 0 Å². The van der Waals surface area contributed by atoms with Gasteiger partial charge in [0, 0.05) is 13.1 Å². The van der Waals surface area contributed by atoms with Crippen LogP contribution in [0.3, 0.4) is 0 Å². The van der Waals surface area contributed by atoms with Gasteiger partial charge in [-0.2, -0.15) is 8.78 Å². The molecule has 0 fully saturated rings. The molecular formula is C13H20F2N2O3S. The number of carbonyl (C=O) groups excluding carboxylic acids is 1. The minimum atomic E-state index is -2.48. The Bertz CT molecular complexity index is 464. The average molecular weight is 322 g/mol. The Labute approximate surface area is 126 Å². The molecule has 1 aromatic rings. The summed E-state index contributed by atoms with van der Waals surface area (Å²) in [6, 6.07) is 2.92. The molecule has 0 spiro atoms. The first-order valence-electron chi connectivity index (χ1n) is 6.33. The van der Waals surface area contributed by atoms with Crippen LogP contribution in [0.25, 0.3) is 0 Å². The van der Waals surface area contributed by atoms with Gasteiger partial charge in [0.15, 0.2) is 5.76 Å². The number of rotatable bonds is 8. The number of amides is 1. The van der Waals surface area contributed by atoms with E-state index < -0.39 is 17.3 Å². The summed E-state index contributed by atoms with van der Waals surface area (Å²) in [5, 5.41) is 12.6. The van der Waals surface area contributed by atoms with E-state index in [0.29, 0.717) is 24.1 Å². The van der Waals surface area contributed by atoms with E-state index in [1.54, 1.807) is 11.8 Å². The summed E-state index contributed by atoms with van der Waals surface area (Å²) in [5.41, 5.74) is -1.07. The highest BCUT2D eigenvalue weighted by molar-refractivity contribution is 7.98. The second-order valence-corrected chi connectivity index (χ2v) is 6.23. The van der Waals surface area contributed by atoms with Crippen LogP contribution in [-0.2, 0) is 5.75 Å². The number of nitrogens with one attached hydrogen (secondary N) is 1. The van der Waals surface area contributed by atoms with Gasteiger partial charge in [-0.25, -0.2) is 0 Å². The molecule has 1 aromatic heterocycles. The number of nitrogens with zero attached hydrogens (tertiary/aromatic N) is 1. The largest absolute Gasteiger partial charge is 0.455 e. The van der Waals surface area contributed by atoms with Crippen molar-refractivity contribution in [2.75, 3.05) is 27.2 Å². The Morgan fingerprint density at radius 1 is 1.52 bits per heavy atom. The quantitative estimate of drug-likeness (QED) is 0.764. The molecule has 0 aliphatic rings. The van der Waals surface area contributed by atoms with E-state index in [-0.39, 0.29) is 18.1 Å². The summed E-state index contributed by atoms with van der Waals surface area (Å²) in [5.74, 6) is -2.61. The molecular weight excluding hydrogens is 302 g/mol. The summed E-state index contributed by atoms with van der Waals surface area (Å²) >= 11 is 0.430. The lowest BCUT2D eigenvalue weighted by atomic mass is 10.1. The lowest BCUT2D eigenvalue weighted by molar-refractivity contribution is 0.0322. The van der Waals surface area contributed by atoms with Gasteiger partial charge in [0.25, 0.3) is 11.7 Å². The Morgan fingerprint density at radius 3 is 2.76 bits per heavy atom. The molecule has 0 saturated carbocycles. The maximum absolute atomic E-state index is 12.1. The first kappa shape index (κ1) is 17.9. The molecule has 1 amide bonds. The molecule has 1 rings (SSSR count). The second-order valence-electron chi connectivity index (χ2n) is 5.26. The molecule has 120 valence electrons. The van der Waals surface area contributed by atoms with Gasteiger partial charge >= 0.3 is 0 Å². The minimum Gasteiger partial charge on any atom is -0.455 e. The van der Waals surface area contributed by atoms with Crippen molar-refractivity contribution in [1.82, 2.24) is 10.2 Å². The molecule has 5 nitrogen and oxygen atoms in total. The Balaban J connectivity index is 2.49. The zero-order valence-electron chi connectivity index (χ0n) is 12.2. The number of hydrogen-bond acceptors (Lipinski definition) is 5. The molecule has 1 atom stereocenters. The lowest BCUT2D eigenvalue weighted by Gasteiger charge is -2.26. The molecule has 0 saturated heterocycles. The van der Waals surface area contributed by atoms with Crippen molar-refractivity contribution in [1.29, 1.82) is 0 Å². The fourth-order valence-corrected chi connectivity index (χ4v) is 2.26. The van der Waals surface area contributed by atoms with Gasteiger partial charge < -0.3 is 19.7 Å². The molecule has 0 aliphatic carbocycles. The monoisotopic (exact) mass is 322 g/mol. The number of aliphatic hydroxyl groups is 1. The van der Waals surface area contributed by atoms with Crippen molar-refractivity contribution in [2.45, 2.75) is 24.0 Å². The predicted octanol–water partition coefficient (Wildman–Crippen LogP) is 1.78. The summed E-state index contributed by atoms with van der Waals surface area (Å²) in [7, 11) is 3.63. The number of furan rings is 1. The minimum absolute atomic E-state index is 0.00327. The fourth-order valence-electron chi connectivity index (χ4n) is 1.82. The molecule has 8 heteroatoms. The molecule has 0 aromatic carbocycles. The zero-order chi connectivity index (χ0) is 16.0. The first-order valence-corrected chi connectivity index (χ1v) is 7.38. The number of likely N-dealkylation sites (N-methyl/N-ethyl adjacent to an activating group) is 1. The van der Waals surface area contributed by atoms with Crippen LogP contribution in [0.2, 0.25) is 0 Å². The normalized spacial score (nSPS) is 14.5. The topological polar surface area (TPSA) is 65.7 Å². The third kappa shape index (κ3) is 6.92. The Morgan fingerprint density at radius 2 is 2.19 bits per heavy atom. The van der Waals surface area contributed by atoms with Crippen molar-refractivity contribution < 1.29 is 23.1 Å². The highest BCUT2D eigenvalue weighted by Gasteiger charge is 2.23. The van der Waals surface area contributed by atoms with E-state index in [9.17, 15) is 18.7 Å². The highest BCUT2D eigenvalue weighted by atomic mass is 32.2. The molecule has 0 aliphatic heterocycles. The second kappa shape index (κ2) is 7.77. The van der Waals surface area contributed by atoms with Crippen molar-refractivity contribution in [3.8, 4) is 0 Å². The zero-order valence-corrected chi connectivity index (χ0v) is 13.0. The maximum atomic E-state index is 12.1. The van der Waals surface area contributed by atoms with E-state index in [0.717, 1.165) is 0 Å². The van der Waals surface area contributed by atoms with Gasteiger partial charge in [0.1, 0.15) is 5.76 Å². The molecule has 21 heavy (non-hydrogen) atoms. The van der Waals surface area contributed by atoms with Gasteiger partial charge in [-0.3, -0.25) is 4.79 Å². The molecule has 1 unspecified atom stereocenters. The van der Waals surface area contributed by atoms with Crippen LogP contribution in [0.4, 0.5) is 8.78 Å². The van der Waals surface area contributed by atoms with Gasteiger partial charge in [-0.15, -0.1) is 0 Å².